The Morgan fingerprint density at radius 3 is 2.55 bits per heavy atom. The first-order valence-corrected chi connectivity index (χ1v) is 7.34. The Kier molecular flexibility index (Phi) is 5.58. The first kappa shape index (κ1) is 16.5. The number of halogens is 1. The third-order valence-electron chi connectivity index (χ3n) is 4.08. The SMILES string of the molecule is CNCC(=O)N1Cc2ccccc2C(c2ccccc2)C1.Cl. The fraction of sp³-hybridized carbons (Fsp3) is 0.278. The van der Waals surface area contributed by atoms with E-state index in [1.807, 2.05) is 24.1 Å². The number of likely N-dealkylation sites (N-methyl/N-ethyl adjacent to an activating group) is 1. The second-order valence-corrected chi connectivity index (χ2v) is 5.47. The Morgan fingerprint density at radius 1 is 1.14 bits per heavy atom. The summed E-state index contributed by atoms with van der Waals surface area (Å²) < 4.78 is 0. The van der Waals surface area contributed by atoms with Gasteiger partial charge in [0.1, 0.15) is 0 Å². The molecule has 3 rings (SSSR count). The predicted molar refractivity (Wildman–Crippen MR) is 91.3 cm³/mol. The van der Waals surface area contributed by atoms with Crippen molar-refractivity contribution in [2.24, 2.45) is 0 Å². The topological polar surface area (TPSA) is 32.3 Å². The smallest absolute Gasteiger partial charge is 0.236 e. The highest BCUT2D eigenvalue weighted by molar-refractivity contribution is 5.85. The minimum Gasteiger partial charge on any atom is -0.336 e. The normalized spacial score (nSPS) is 16.6. The Labute approximate surface area is 137 Å². The molecule has 3 nitrogen and oxygen atoms in total. The maximum Gasteiger partial charge on any atom is 0.236 e. The highest BCUT2D eigenvalue weighted by Gasteiger charge is 2.28. The van der Waals surface area contributed by atoms with Crippen molar-refractivity contribution in [2.45, 2.75) is 12.5 Å². The summed E-state index contributed by atoms with van der Waals surface area (Å²) in [5.74, 6) is 0.421. The molecule has 0 spiro atoms. The van der Waals surface area contributed by atoms with Crippen LogP contribution in [0.15, 0.2) is 54.6 Å². The molecule has 0 bridgehead atoms. The van der Waals surface area contributed by atoms with E-state index < -0.39 is 0 Å². The summed E-state index contributed by atoms with van der Waals surface area (Å²) >= 11 is 0. The third-order valence-corrected chi connectivity index (χ3v) is 4.08. The molecule has 2 aromatic carbocycles. The van der Waals surface area contributed by atoms with Gasteiger partial charge in [0.05, 0.1) is 6.54 Å². The Balaban J connectivity index is 0.00000176. The number of benzene rings is 2. The van der Waals surface area contributed by atoms with Crippen molar-refractivity contribution in [3.05, 3.63) is 71.3 Å². The highest BCUT2D eigenvalue weighted by atomic mass is 35.5. The maximum absolute atomic E-state index is 12.2. The highest BCUT2D eigenvalue weighted by Crippen LogP contribution is 2.33. The summed E-state index contributed by atoms with van der Waals surface area (Å²) in [5, 5.41) is 2.95. The van der Waals surface area contributed by atoms with Crippen LogP contribution in [-0.2, 0) is 11.3 Å². The molecule has 1 N–H and O–H groups in total. The average molecular weight is 317 g/mol. The molecule has 1 atom stereocenters. The van der Waals surface area contributed by atoms with E-state index in [2.05, 4.69) is 47.8 Å². The van der Waals surface area contributed by atoms with Crippen molar-refractivity contribution in [2.75, 3.05) is 20.1 Å². The lowest BCUT2D eigenvalue weighted by Crippen LogP contribution is -2.42. The van der Waals surface area contributed by atoms with Crippen LogP contribution in [0.4, 0.5) is 0 Å². The van der Waals surface area contributed by atoms with Gasteiger partial charge in [-0.2, -0.15) is 0 Å². The van der Waals surface area contributed by atoms with Gasteiger partial charge in [0.25, 0.3) is 0 Å². The second kappa shape index (κ2) is 7.43. The molecule has 1 aliphatic rings. The quantitative estimate of drug-likeness (QED) is 0.944. The van der Waals surface area contributed by atoms with Crippen molar-refractivity contribution < 1.29 is 4.79 Å². The van der Waals surface area contributed by atoms with Gasteiger partial charge >= 0.3 is 0 Å². The number of carbonyl (C=O) groups excluding carboxylic acids is 1. The van der Waals surface area contributed by atoms with Gasteiger partial charge in [-0.3, -0.25) is 4.79 Å². The molecule has 2 aromatic rings. The molecule has 0 radical (unpaired) electrons. The minimum atomic E-state index is 0. The number of fused-ring (bicyclic) bond motifs is 1. The Morgan fingerprint density at radius 2 is 1.82 bits per heavy atom. The summed E-state index contributed by atoms with van der Waals surface area (Å²) in [6.45, 7) is 1.85. The lowest BCUT2D eigenvalue weighted by molar-refractivity contribution is -0.131. The van der Waals surface area contributed by atoms with Gasteiger partial charge in [-0.05, 0) is 23.7 Å². The molecular weight excluding hydrogens is 296 g/mol. The van der Waals surface area contributed by atoms with Crippen molar-refractivity contribution in [1.29, 1.82) is 0 Å². The standard InChI is InChI=1S/C18H20N2O.ClH/c1-19-11-18(21)20-12-15-9-5-6-10-16(15)17(13-20)14-7-3-2-4-8-14;/h2-10,17,19H,11-13H2,1H3;1H. The number of carbonyl (C=O) groups is 1. The number of amides is 1. The maximum atomic E-state index is 12.2. The van der Waals surface area contributed by atoms with Crippen LogP contribution in [0.25, 0.3) is 0 Å². The fourth-order valence-corrected chi connectivity index (χ4v) is 3.03. The zero-order valence-corrected chi connectivity index (χ0v) is 13.5. The molecule has 0 fully saturated rings. The predicted octanol–water partition coefficient (Wildman–Crippen LogP) is 2.80. The van der Waals surface area contributed by atoms with Crippen LogP contribution in [0.1, 0.15) is 22.6 Å². The summed E-state index contributed by atoms with van der Waals surface area (Å²) in [6, 6.07) is 18.9. The second-order valence-electron chi connectivity index (χ2n) is 5.47. The first-order chi connectivity index (χ1) is 10.3. The van der Waals surface area contributed by atoms with E-state index in [1.165, 1.54) is 16.7 Å². The fourth-order valence-electron chi connectivity index (χ4n) is 3.03. The Bertz CT molecular complexity index is 630. The lowest BCUT2D eigenvalue weighted by Gasteiger charge is -2.35. The molecule has 0 aromatic heterocycles. The molecule has 1 heterocycles. The lowest BCUT2D eigenvalue weighted by atomic mass is 9.84. The average Bonchev–Trinajstić information content (AvgIpc) is 2.55. The molecule has 22 heavy (non-hydrogen) atoms. The van der Waals surface area contributed by atoms with Crippen LogP contribution in [0.2, 0.25) is 0 Å². The molecule has 1 amide bonds. The molecule has 1 aliphatic heterocycles. The van der Waals surface area contributed by atoms with E-state index in [1.54, 1.807) is 0 Å². The van der Waals surface area contributed by atoms with Gasteiger partial charge in [0.15, 0.2) is 0 Å². The number of nitrogens with one attached hydrogen (secondary N) is 1. The molecule has 116 valence electrons. The van der Waals surface area contributed by atoms with Crippen molar-refractivity contribution >= 4 is 18.3 Å². The zero-order valence-electron chi connectivity index (χ0n) is 12.7. The third kappa shape index (κ3) is 3.32. The molecular formula is C18H21ClN2O. The van der Waals surface area contributed by atoms with E-state index in [0.717, 1.165) is 6.54 Å². The number of nitrogens with zero attached hydrogens (tertiary/aromatic N) is 1. The van der Waals surface area contributed by atoms with Gasteiger partial charge in [-0.1, -0.05) is 54.6 Å². The molecule has 0 saturated heterocycles. The van der Waals surface area contributed by atoms with E-state index >= 15 is 0 Å². The van der Waals surface area contributed by atoms with Crippen LogP contribution >= 0.6 is 12.4 Å². The van der Waals surface area contributed by atoms with Crippen molar-refractivity contribution in [3.63, 3.8) is 0 Å². The first-order valence-electron chi connectivity index (χ1n) is 7.34. The number of hydrogen-bond acceptors (Lipinski definition) is 2. The van der Waals surface area contributed by atoms with E-state index in [0.29, 0.717) is 13.1 Å². The zero-order chi connectivity index (χ0) is 14.7. The van der Waals surface area contributed by atoms with Gasteiger partial charge in [-0.15, -0.1) is 12.4 Å². The molecule has 1 unspecified atom stereocenters. The van der Waals surface area contributed by atoms with Crippen LogP contribution in [-0.4, -0.2) is 30.9 Å². The van der Waals surface area contributed by atoms with Gasteiger partial charge < -0.3 is 10.2 Å². The van der Waals surface area contributed by atoms with Gasteiger partial charge in [-0.25, -0.2) is 0 Å². The Hall–Kier alpha value is -1.84. The van der Waals surface area contributed by atoms with Gasteiger partial charge in [0.2, 0.25) is 5.91 Å². The summed E-state index contributed by atoms with van der Waals surface area (Å²) in [7, 11) is 1.81. The minimum absolute atomic E-state index is 0. The van der Waals surface area contributed by atoms with Gasteiger partial charge in [0, 0.05) is 19.0 Å². The van der Waals surface area contributed by atoms with E-state index in [4.69, 9.17) is 0 Å². The van der Waals surface area contributed by atoms with Crippen LogP contribution in [0.3, 0.4) is 0 Å². The van der Waals surface area contributed by atoms with Crippen molar-refractivity contribution in [1.82, 2.24) is 10.2 Å². The largest absolute Gasteiger partial charge is 0.336 e. The summed E-state index contributed by atoms with van der Waals surface area (Å²) in [6.07, 6.45) is 0. The molecule has 0 aliphatic carbocycles. The van der Waals surface area contributed by atoms with Crippen LogP contribution in [0, 0.1) is 0 Å². The molecule has 0 saturated carbocycles. The monoisotopic (exact) mass is 316 g/mol. The number of rotatable bonds is 3. The summed E-state index contributed by atoms with van der Waals surface area (Å²) in [4.78, 5) is 14.2. The van der Waals surface area contributed by atoms with E-state index in [-0.39, 0.29) is 24.2 Å². The molecule has 4 heteroatoms. The number of hydrogen-bond donors (Lipinski definition) is 1. The van der Waals surface area contributed by atoms with Crippen molar-refractivity contribution in [3.8, 4) is 0 Å². The summed E-state index contributed by atoms with van der Waals surface area (Å²) in [5.41, 5.74) is 3.87. The van der Waals surface area contributed by atoms with E-state index in [9.17, 15) is 4.79 Å². The van der Waals surface area contributed by atoms with Crippen LogP contribution < -0.4 is 5.32 Å². The van der Waals surface area contributed by atoms with Crippen LogP contribution in [0.5, 0.6) is 0 Å².